The molecule has 1 aliphatic heterocycles. The Kier molecular flexibility index (Phi) is 5.21. The van der Waals surface area contributed by atoms with Crippen molar-refractivity contribution in [1.29, 1.82) is 0 Å². The highest BCUT2D eigenvalue weighted by Gasteiger charge is 2.37. The molecule has 0 radical (unpaired) electrons. The fraction of sp³-hybridized carbons (Fsp3) is 0.0606. The van der Waals surface area contributed by atoms with Crippen LogP contribution in [0.15, 0.2) is 133 Å². The molecule has 0 saturated carbocycles. The van der Waals surface area contributed by atoms with E-state index in [1.165, 1.54) is 11.3 Å². The predicted molar refractivity (Wildman–Crippen MR) is 150 cm³/mol. The Labute approximate surface area is 216 Å². The summed E-state index contributed by atoms with van der Waals surface area (Å²) < 4.78 is 0. The van der Waals surface area contributed by atoms with E-state index in [9.17, 15) is 0 Å². The van der Waals surface area contributed by atoms with E-state index in [-0.39, 0.29) is 6.04 Å². The Balaban J connectivity index is 1.36. The quantitative estimate of drug-likeness (QED) is 0.268. The highest BCUT2D eigenvalue weighted by molar-refractivity contribution is 5.78. The van der Waals surface area contributed by atoms with Gasteiger partial charge in [0.1, 0.15) is 0 Å². The summed E-state index contributed by atoms with van der Waals surface area (Å²) in [5, 5.41) is 0. The van der Waals surface area contributed by atoms with E-state index < -0.39 is 0 Å². The van der Waals surface area contributed by atoms with Crippen molar-refractivity contribution in [1.82, 2.24) is 15.0 Å². The first-order valence-electron chi connectivity index (χ1n) is 12.6. The lowest BCUT2D eigenvalue weighted by atomic mass is 9.91. The van der Waals surface area contributed by atoms with Crippen molar-refractivity contribution < 1.29 is 0 Å². The van der Waals surface area contributed by atoms with E-state index >= 15 is 0 Å². The second-order valence-electron chi connectivity index (χ2n) is 9.30. The standard InChI is InChI=1S/C33H24N4/c1-3-12-23(13-4-1)31-34-32(24-14-5-2-6-15-24)36-33(35-31)25-16-11-17-26(22-25)37-29-20-9-7-18-27(29)28-19-8-10-21-30(28)37/h1-22,27,29H. The van der Waals surface area contributed by atoms with Gasteiger partial charge in [0.25, 0.3) is 0 Å². The Hall–Kier alpha value is -4.83. The van der Waals surface area contributed by atoms with Crippen molar-refractivity contribution in [3.63, 3.8) is 0 Å². The number of hydrogen-bond acceptors (Lipinski definition) is 4. The first kappa shape index (κ1) is 21.5. The van der Waals surface area contributed by atoms with Crippen LogP contribution in [0.5, 0.6) is 0 Å². The van der Waals surface area contributed by atoms with E-state index in [1.807, 2.05) is 60.7 Å². The SMILES string of the molecule is C1=CC2c3ccccc3N(c3cccc(-c4nc(-c5ccccc5)nc(-c5ccccc5)n4)c3)C2C=C1. The first-order chi connectivity index (χ1) is 18.3. The molecule has 4 nitrogen and oxygen atoms in total. The van der Waals surface area contributed by atoms with Crippen molar-refractivity contribution in [3.8, 4) is 34.2 Å². The summed E-state index contributed by atoms with van der Waals surface area (Å²) in [6.45, 7) is 0. The zero-order chi connectivity index (χ0) is 24.6. The van der Waals surface area contributed by atoms with Crippen LogP contribution < -0.4 is 4.90 Å². The van der Waals surface area contributed by atoms with Crippen LogP contribution in [0.2, 0.25) is 0 Å². The Morgan fingerprint density at radius 1 is 0.514 bits per heavy atom. The van der Waals surface area contributed by atoms with Crippen molar-refractivity contribution >= 4 is 11.4 Å². The summed E-state index contributed by atoms with van der Waals surface area (Å²) in [6.07, 6.45) is 8.89. The zero-order valence-electron chi connectivity index (χ0n) is 20.1. The zero-order valence-corrected chi connectivity index (χ0v) is 20.1. The van der Waals surface area contributed by atoms with Gasteiger partial charge in [-0.15, -0.1) is 0 Å². The van der Waals surface area contributed by atoms with Gasteiger partial charge in [0, 0.05) is 34.0 Å². The molecule has 1 aliphatic carbocycles. The molecule has 0 amide bonds. The van der Waals surface area contributed by atoms with Gasteiger partial charge in [-0.05, 0) is 23.8 Å². The Bertz CT molecular complexity index is 1580. The number of para-hydroxylation sites is 1. The van der Waals surface area contributed by atoms with Gasteiger partial charge in [-0.2, -0.15) is 0 Å². The lowest BCUT2D eigenvalue weighted by Crippen LogP contribution is -2.28. The van der Waals surface area contributed by atoms with E-state index in [0.717, 1.165) is 22.4 Å². The molecule has 2 atom stereocenters. The van der Waals surface area contributed by atoms with Gasteiger partial charge in [0.05, 0.1) is 6.04 Å². The second-order valence-corrected chi connectivity index (χ2v) is 9.30. The average Bonchev–Trinajstić information content (AvgIpc) is 3.32. The molecular weight excluding hydrogens is 452 g/mol. The molecule has 2 aliphatic rings. The van der Waals surface area contributed by atoms with Gasteiger partial charge in [-0.1, -0.05) is 115 Å². The van der Waals surface area contributed by atoms with Crippen LogP contribution in [-0.2, 0) is 0 Å². The molecule has 176 valence electrons. The summed E-state index contributed by atoms with van der Waals surface area (Å²) in [4.78, 5) is 17.1. The van der Waals surface area contributed by atoms with Gasteiger partial charge in [-0.3, -0.25) is 0 Å². The second kappa shape index (κ2) is 8.99. The van der Waals surface area contributed by atoms with E-state index in [4.69, 9.17) is 15.0 Å². The maximum atomic E-state index is 4.93. The summed E-state index contributed by atoms with van der Waals surface area (Å²) in [5.41, 5.74) is 6.63. The third kappa shape index (κ3) is 3.83. The maximum absolute atomic E-state index is 4.93. The molecule has 4 heteroatoms. The number of fused-ring (bicyclic) bond motifs is 3. The highest BCUT2D eigenvalue weighted by atomic mass is 15.2. The summed E-state index contributed by atoms with van der Waals surface area (Å²) in [5.74, 6) is 2.35. The minimum Gasteiger partial charge on any atom is -0.333 e. The fourth-order valence-electron chi connectivity index (χ4n) is 5.32. The number of nitrogens with zero attached hydrogens (tertiary/aromatic N) is 4. The van der Waals surface area contributed by atoms with Gasteiger partial charge in [0.2, 0.25) is 0 Å². The van der Waals surface area contributed by atoms with Crippen LogP contribution in [0.3, 0.4) is 0 Å². The van der Waals surface area contributed by atoms with Gasteiger partial charge in [0.15, 0.2) is 17.5 Å². The number of allylic oxidation sites excluding steroid dienone is 2. The maximum Gasteiger partial charge on any atom is 0.164 e. The van der Waals surface area contributed by atoms with Crippen LogP contribution in [-0.4, -0.2) is 21.0 Å². The third-order valence-electron chi connectivity index (χ3n) is 7.04. The Morgan fingerprint density at radius 3 is 1.78 bits per heavy atom. The molecule has 4 aromatic carbocycles. The number of aromatic nitrogens is 3. The normalized spacial score (nSPS) is 17.5. The smallest absolute Gasteiger partial charge is 0.164 e. The Morgan fingerprint density at radius 2 is 1.08 bits per heavy atom. The molecule has 0 bridgehead atoms. The monoisotopic (exact) mass is 476 g/mol. The molecule has 2 heterocycles. The van der Waals surface area contributed by atoms with E-state index in [1.54, 1.807) is 0 Å². The molecule has 2 unspecified atom stereocenters. The van der Waals surface area contributed by atoms with Crippen molar-refractivity contribution in [2.45, 2.75) is 12.0 Å². The van der Waals surface area contributed by atoms with Crippen LogP contribution >= 0.6 is 0 Å². The van der Waals surface area contributed by atoms with Crippen LogP contribution in [0.25, 0.3) is 34.2 Å². The van der Waals surface area contributed by atoms with Crippen LogP contribution in [0.1, 0.15) is 11.5 Å². The van der Waals surface area contributed by atoms with Crippen LogP contribution in [0.4, 0.5) is 11.4 Å². The number of rotatable bonds is 4. The van der Waals surface area contributed by atoms with Crippen molar-refractivity contribution in [2.75, 3.05) is 4.90 Å². The average molecular weight is 477 g/mol. The van der Waals surface area contributed by atoms with Crippen molar-refractivity contribution in [3.05, 3.63) is 139 Å². The molecule has 7 rings (SSSR count). The molecule has 1 aromatic heterocycles. The lowest BCUT2D eigenvalue weighted by molar-refractivity contribution is 0.745. The molecule has 0 saturated heterocycles. The molecule has 0 fully saturated rings. The number of hydrogen-bond donors (Lipinski definition) is 0. The molecule has 37 heavy (non-hydrogen) atoms. The number of anilines is 2. The molecule has 5 aromatic rings. The first-order valence-corrected chi connectivity index (χ1v) is 12.6. The van der Waals surface area contributed by atoms with E-state index in [2.05, 4.69) is 77.7 Å². The lowest BCUT2D eigenvalue weighted by Gasteiger charge is -2.29. The highest BCUT2D eigenvalue weighted by Crippen LogP contribution is 2.47. The fourth-order valence-corrected chi connectivity index (χ4v) is 5.32. The van der Waals surface area contributed by atoms with Crippen LogP contribution in [0, 0.1) is 0 Å². The van der Waals surface area contributed by atoms with E-state index in [0.29, 0.717) is 23.4 Å². The third-order valence-corrected chi connectivity index (χ3v) is 7.04. The molecular formula is C33H24N4. The summed E-state index contributed by atoms with van der Waals surface area (Å²) in [6, 6.07) is 37.7. The largest absolute Gasteiger partial charge is 0.333 e. The van der Waals surface area contributed by atoms with Gasteiger partial charge < -0.3 is 4.90 Å². The van der Waals surface area contributed by atoms with Crippen molar-refractivity contribution in [2.24, 2.45) is 0 Å². The minimum absolute atomic E-state index is 0.246. The van der Waals surface area contributed by atoms with Gasteiger partial charge >= 0.3 is 0 Å². The summed E-state index contributed by atoms with van der Waals surface area (Å²) in [7, 11) is 0. The summed E-state index contributed by atoms with van der Waals surface area (Å²) >= 11 is 0. The molecule has 0 spiro atoms. The predicted octanol–water partition coefficient (Wildman–Crippen LogP) is 7.60. The number of benzene rings is 4. The topological polar surface area (TPSA) is 41.9 Å². The molecule has 0 N–H and O–H groups in total. The minimum atomic E-state index is 0.246. The van der Waals surface area contributed by atoms with Gasteiger partial charge in [-0.25, -0.2) is 15.0 Å².